The Kier molecular flexibility index (Phi) is 3.51. The van der Waals surface area contributed by atoms with Gasteiger partial charge in [0.05, 0.1) is 5.56 Å². The lowest BCUT2D eigenvalue weighted by molar-refractivity contribution is 0.102. The molecule has 0 aliphatic heterocycles. The van der Waals surface area contributed by atoms with E-state index in [1.165, 1.54) is 11.1 Å². The molecule has 114 valence electrons. The van der Waals surface area contributed by atoms with E-state index in [4.69, 9.17) is 0 Å². The van der Waals surface area contributed by atoms with Crippen molar-refractivity contribution in [3.63, 3.8) is 0 Å². The first kappa shape index (κ1) is 14.8. The molecule has 0 radical (unpaired) electrons. The Morgan fingerprint density at radius 2 is 2.05 bits per heavy atom. The maximum absolute atomic E-state index is 12.6. The van der Waals surface area contributed by atoms with E-state index in [9.17, 15) is 4.79 Å². The van der Waals surface area contributed by atoms with Crippen molar-refractivity contribution in [2.45, 2.75) is 45.4 Å². The van der Waals surface area contributed by atoms with E-state index in [1.54, 1.807) is 12.3 Å². The van der Waals surface area contributed by atoms with Crippen LogP contribution in [0.5, 0.6) is 0 Å². The molecule has 0 saturated carbocycles. The molecule has 3 heteroatoms. The largest absolute Gasteiger partial charge is 0.322 e. The van der Waals surface area contributed by atoms with Crippen LogP contribution in [0.3, 0.4) is 0 Å². The average Bonchev–Trinajstić information content (AvgIpc) is 2.70. The van der Waals surface area contributed by atoms with Crippen LogP contribution in [0.4, 0.5) is 5.69 Å². The molecule has 0 spiro atoms. The molecule has 0 fully saturated rings. The smallest absolute Gasteiger partial charge is 0.257 e. The molecule has 1 aromatic carbocycles. The normalized spacial score (nSPS) is 18.8. The lowest BCUT2D eigenvalue weighted by Crippen LogP contribution is -2.16. The Morgan fingerprint density at radius 3 is 2.77 bits per heavy atom. The van der Waals surface area contributed by atoms with Gasteiger partial charge in [-0.15, -0.1) is 0 Å². The molecule has 1 N–H and O–H groups in total. The summed E-state index contributed by atoms with van der Waals surface area (Å²) in [6.07, 6.45) is 2.82. The lowest BCUT2D eigenvalue weighted by Gasteiger charge is -2.19. The Labute approximate surface area is 131 Å². The average molecular weight is 294 g/mol. The minimum absolute atomic E-state index is 0.0871. The number of nitrogens with zero attached hydrogens (tertiary/aromatic N) is 1. The zero-order chi connectivity index (χ0) is 15.9. The second-order valence-corrected chi connectivity index (χ2v) is 6.85. The van der Waals surface area contributed by atoms with Crippen LogP contribution in [0, 0.1) is 6.92 Å². The van der Waals surface area contributed by atoms with Crippen molar-refractivity contribution in [2.24, 2.45) is 0 Å². The predicted molar refractivity (Wildman–Crippen MR) is 89.4 cm³/mol. The van der Waals surface area contributed by atoms with Gasteiger partial charge in [0, 0.05) is 17.6 Å². The number of aryl methyl sites for hydroxylation is 1. The van der Waals surface area contributed by atoms with E-state index >= 15 is 0 Å². The zero-order valence-corrected chi connectivity index (χ0v) is 13.6. The zero-order valence-electron chi connectivity index (χ0n) is 13.6. The van der Waals surface area contributed by atoms with Crippen LogP contribution in [0.2, 0.25) is 0 Å². The third-order valence-corrected chi connectivity index (χ3v) is 4.64. The van der Waals surface area contributed by atoms with E-state index in [-0.39, 0.29) is 11.3 Å². The van der Waals surface area contributed by atoms with Gasteiger partial charge in [-0.1, -0.05) is 32.9 Å². The Balaban J connectivity index is 1.97. The minimum Gasteiger partial charge on any atom is -0.322 e. The molecule has 1 aliphatic carbocycles. The van der Waals surface area contributed by atoms with Gasteiger partial charge < -0.3 is 5.32 Å². The molecule has 22 heavy (non-hydrogen) atoms. The van der Waals surface area contributed by atoms with E-state index in [1.807, 2.05) is 25.1 Å². The Hall–Kier alpha value is -2.16. The fourth-order valence-corrected chi connectivity index (χ4v) is 3.69. The fraction of sp³-hybridized carbons (Fsp3) is 0.368. The number of benzene rings is 1. The molecule has 0 saturated heterocycles. The molecular formula is C19H22N2O. The molecule has 1 amide bonds. The third-order valence-electron chi connectivity index (χ3n) is 4.64. The molecule has 1 heterocycles. The summed E-state index contributed by atoms with van der Waals surface area (Å²) >= 11 is 0. The number of pyridine rings is 1. The van der Waals surface area contributed by atoms with Crippen molar-refractivity contribution in [3.05, 3.63) is 58.9 Å². The first-order valence-corrected chi connectivity index (χ1v) is 7.76. The van der Waals surface area contributed by atoms with Gasteiger partial charge in [-0.05, 0) is 54.0 Å². The van der Waals surface area contributed by atoms with Crippen molar-refractivity contribution in [2.75, 3.05) is 5.32 Å². The van der Waals surface area contributed by atoms with Gasteiger partial charge in [-0.3, -0.25) is 9.78 Å². The number of fused-ring (bicyclic) bond motifs is 1. The number of carbonyl (C=O) groups is 1. The summed E-state index contributed by atoms with van der Waals surface area (Å²) in [6.45, 7) is 8.63. The molecule has 2 aromatic rings. The van der Waals surface area contributed by atoms with Gasteiger partial charge in [0.1, 0.15) is 0 Å². The summed E-state index contributed by atoms with van der Waals surface area (Å²) in [7, 11) is 0. The van der Waals surface area contributed by atoms with E-state index in [0.717, 1.165) is 17.8 Å². The number of rotatable bonds is 2. The molecule has 1 aliphatic rings. The third kappa shape index (κ3) is 2.41. The first-order chi connectivity index (χ1) is 10.4. The van der Waals surface area contributed by atoms with Crippen LogP contribution < -0.4 is 5.32 Å². The number of carbonyl (C=O) groups excluding carboxylic acids is 1. The summed E-state index contributed by atoms with van der Waals surface area (Å²) in [5.74, 6) is 0.368. The number of anilines is 1. The van der Waals surface area contributed by atoms with Crippen LogP contribution in [-0.4, -0.2) is 10.9 Å². The second kappa shape index (κ2) is 5.24. The monoisotopic (exact) mass is 294 g/mol. The molecule has 3 rings (SSSR count). The number of amides is 1. The summed E-state index contributed by atoms with van der Waals surface area (Å²) in [4.78, 5) is 16.7. The van der Waals surface area contributed by atoms with Crippen LogP contribution >= 0.6 is 0 Å². The van der Waals surface area contributed by atoms with Crippen LogP contribution in [0.15, 0.2) is 36.5 Å². The Morgan fingerprint density at radius 1 is 1.27 bits per heavy atom. The summed E-state index contributed by atoms with van der Waals surface area (Å²) in [5, 5.41) is 3.09. The van der Waals surface area contributed by atoms with Gasteiger partial charge in [0.25, 0.3) is 5.91 Å². The van der Waals surface area contributed by atoms with Crippen LogP contribution in [-0.2, 0) is 5.41 Å². The summed E-state index contributed by atoms with van der Waals surface area (Å²) < 4.78 is 0. The van der Waals surface area contributed by atoms with E-state index in [2.05, 4.69) is 37.1 Å². The second-order valence-electron chi connectivity index (χ2n) is 6.85. The Bertz CT molecular complexity index is 734. The highest BCUT2D eigenvalue weighted by Crippen LogP contribution is 2.48. The summed E-state index contributed by atoms with van der Waals surface area (Å²) in [6, 6.07) is 9.83. The van der Waals surface area contributed by atoms with Crippen molar-refractivity contribution >= 4 is 11.6 Å². The minimum atomic E-state index is -0.0871. The molecule has 0 bridgehead atoms. The quantitative estimate of drug-likeness (QED) is 0.890. The molecule has 3 nitrogen and oxygen atoms in total. The molecule has 1 aromatic heterocycles. The van der Waals surface area contributed by atoms with Crippen LogP contribution in [0.1, 0.15) is 60.3 Å². The van der Waals surface area contributed by atoms with Crippen molar-refractivity contribution in [1.82, 2.24) is 4.98 Å². The van der Waals surface area contributed by atoms with Gasteiger partial charge in [0.15, 0.2) is 0 Å². The maximum Gasteiger partial charge on any atom is 0.257 e. The molecular weight excluding hydrogens is 272 g/mol. The maximum atomic E-state index is 12.6. The highest BCUT2D eigenvalue weighted by atomic mass is 16.1. The van der Waals surface area contributed by atoms with E-state index in [0.29, 0.717) is 11.5 Å². The molecule has 1 atom stereocenters. The fourth-order valence-electron chi connectivity index (χ4n) is 3.69. The highest BCUT2D eigenvalue weighted by Gasteiger charge is 2.36. The lowest BCUT2D eigenvalue weighted by atomic mass is 9.86. The van der Waals surface area contributed by atoms with Gasteiger partial charge >= 0.3 is 0 Å². The van der Waals surface area contributed by atoms with Gasteiger partial charge in [-0.2, -0.15) is 0 Å². The number of hydrogen-bond donors (Lipinski definition) is 1. The number of aromatic nitrogens is 1. The van der Waals surface area contributed by atoms with Crippen molar-refractivity contribution in [1.29, 1.82) is 0 Å². The van der Waals surface area contributed by atoms with Crippen molar-refractivity contribution in [3.8, 4) is 0 Å². The number of hydrogen-bond acceptors (Lipinski definition) is 2. The predicted octanol–water partition coefficient (Wildman–Crippen LogP) is 4.43. The summed E-state index contributed by atoms with van der Waals surface area (Å²) in [5.41, 5.74) is 5.11. The SMILES string of the molecule is Cc1ncccc1C(=O)Nc1cccc2c1C(C)CC2(C)C. The molecule has 1 unspecified atom stereocenters. The van der Waals surface area contributed by atoms with Crippen LogP contribution in [0.25, 0.3) is 0 Å². The first-order valence-electron chi connectivity index (χ1n) is 7.76. The highest BCUT2D eigenvalue weighted by molar-refractivity contribution is 6.05. The standard InChI is InChI=1S/C19H22N2O/c1-12-11-19(3,4)15-8-5-9-16(17(12)15)21-18(22)14-7-6-10-20-13(14)2/h5-10,12H,11H2,1-4H3,(H,21,22). The van der Waals surface area contributed by atoms with Gasteiger partial charge in [-0.25, -0.2) is 0 Å². The van der Waals surface area contributed by atoms with Crippen molar-refractivity contribution < 1.29 is 4.79 Å². The van der Waals surface area contributed by atoms with Gasteiger partial charge in [0.2, 0.25) is 0 Å². The van der Waals surface area contributed by atoms with E-state index < -0.39 is 0 Å². The number of nitrogens with one attached hydrogen (secondary N) is 1. The topological polar surface area (TPSA) is 42.0 Å².